The van der Waals surface area contributed by atoms with Gasteiger partial charge in [0.05, 0.1) is 25.6 Å². The maximum absolute atomic E-state index is 6.17. The van der Waals surface area contributed by atoms with E-state index in [0.29, 0.717) is 6.61 Å². The fraction of sp³-hybridized carbons (Fsp3) is 0.438. The van der Waals surface area contributed by atoms with Crippen molar-refractivity contribution in [1.29, 1.82) is 0 Å². The van der Waals surface area contributed by atoms with Crippen LogP contribution in [0.1, 0.15) is 26.3 Å². The highest BCUT2D eigenvalue weighted by molar-refractivity contribution is 6.31. The molecule has 1 unspecified atom stereocenters. The van der Waals surface area contributed by atoms with Crippen LogP contribution in [0, 0.1) is 5.41 Å². The number of hydrogen-bond acceptors (Lipinski definition) is 2. The lowest BCUT2D eigenvalue weighted by molar-refractivity contribution is -0.0380. The normalized spacial score (nSPS) is 13.4. The summed E-state index contributed by atoms with van der Waals surface area (Å²) in [5.74, 6) is 0. The molecule has 1 heterocycles. The van der Waals surface area contributed by atoms with Crippen molar-refractivity contribution in [2.24, 2.45) is 5.41 Å². The molecule has 1 atom stereocenters. The Hall–Kier alpha value is -1.32. The van der Waals surface area contributed by atoms with Crippen molar-refractivity contribution in [2.45, 2.75) is 40.0 Å². The number of imidazole rings is 1. The maximum Gasteiger partial charge on any atom is 0.0946 e. The zero-order chi connectivity index (χ0) is 14.6. The predicted molar refractivity (Wildman–Crippen MR) is 81.7 cm³/mol. The van der Waals surface area contributed by atoms with Gasteiger partial charge in [0, 0.05) is 17.4 Å². The SMILES string of the molecule is CC(C)(C)C(Cn1ccnc1)OCc1ccccc1Cl. The van der Waals surface area contributed by atoms with Crippen LogP contribution >= 0.6 is 11.6 Å². The average Bonchev–Trinajstić information content (AvgIpc) is 2.87. The highest BCUT2D eigenvalue weighted by atomic mass is 35.5. The van der Waals surface area contributed by atoms with Crippen LogP contribution in [0.2, 0.25) is 5.02 Å². The molecule has 4 heteroatoms. The summed E-state index contributed by atoms with van der Waals surface area (Å²) in [6.07, 6.45) is 5.65. The quantitative estimate of drug-likeness (QED) is 0.827. The molecule has 0 saturated heterocycles. The Labute approximate surface area is 125 Å². The fourth-order valence-corrected chi connectivity index (χ4v) is 2.16. The molecule has 0 aliphatic rings. The number of nitrogens with zero attached hydrogens (tertiary/aromatic N) is 2. The summed E-state index contributed by atoms with van der Waals surface area (Å²) in [5, 5.41) is 0.753. The average molecular weight is 293 g/mol. The first-order chi connectivity index (χ1) is 9.47. The summed E-state index contributed by atoms with van der Waals surface area (Å²) in [4.78, 5) is 4.08. The second kappa shape index (κ2) is 6.42. The van der Waals surface area contributed by atoms with E-state index in [9.17, 15) is 0 Å². The zero-order valence-electron chi connectivity index (χ0n) is 12.2. The van der Waals surface area contributed by atoms with Crippen molar-refractivity contribution in [3.8, 4) is 0 Å². The van der Waals surface area contributed by atoms with E-state index in [4.69, 9.17) is 16.3 Å². The lowest BCUT2D eigenvalue weighted by Crippen LogP contribution is -2.33. The second-order valence-electron chi connectivity index (χ2n) is 6.02. The van der Waals surface area contributed by atoms with Gasteiger partial charge in [0.25, 0.3) is 0 Å². The Balaban J connectivity index is 2.03. The minimum atomic E-state index is 0.0471. The first kappa shape index (κ1) is 15.1. The van der Waals surface area contributed by atoms with Gasteiger partial charge < -0.3 is 9.30 Å². The summed E-state index contributed by atoms with van der Waals surface area (Å²) in [5.41, 5.74) is 1.07. The Morgan fingerprint density at radius 2 is 2.05 bits per heavy atom. The monoisotopic (exact) mass is 292 g/mol. The van der Waals surface area contributed by atoms with Crippen molar-refractivity contribution in [1.82, 2.24) is 9.55 Å². The first-order valence-electron chi connectivity index (χ1n) is 6.77. The van der Waals surface area contributed by atoms with E-state index in [2.05, 4.69) is 25.8 Å². The van der Waals surface area contributed by atoms with Crippen molar-refractivity contribution >= 4 is 11.6 Å². The number of rotatable bonds is 5. The molecular formula is C16H21ClN2O. The van der Waals surface area contributed by atoms with Gasteiger partial charge in [-0.05, 0) is 17.0 Å². The number of ether oxygens (including phenoxy) is 1. The molecule has 0 saturated carbocycles. The van der Waals surface area contributed by atoms with Crippen LogP contribution in [0.3, 0.4) is 0 Å². The van der Waals surface area contributed by atoms with Crippen molar-refractivity contribution in [3.05, 3.63) is 53.6 Å². The van der Waals surface area contributed by atoms with E-state index in [1.165, 1.54) is 0 Å². The Bertz CT molecular complexity index is 532. The summed E-state index contributed by atoms with van der Waals surface area (Å²) in [7, 11) is 0. The van der Waals surface area contributed by atoms with E-state index < -0.39 is 0 Å². The third-order valence-electron chi connectivity index (χ3n) is 3.30. The smallest absolute Gasteiger partial charge is 0.0946 e. The van der Waals surface area contributed by atoms with Crippen molar-refractivity contribution < 1.29 is 4.74 Å². The minimum Gasteiger partial charge on any atom is -0.371 e. The molecule has 0 aliphatic heterocycles. The molecule has 0 spiro atoms. The molecule has 108 valence electrons. The van der Waals surface area contributed by atoms with Gasteiger partial charge in [0.2, 0.25) is 0 Å². The van der Waals surface area contributed by atoms with E-state index in [1.54, 1.807) is 6.20 Å². The Morgan fingerprint density at radius 1 is 1.30 bits per heavy atom. The van der Waals surface area contributed by atoms with Crippen LogP contribution in [0.4, 0.5) is 0 Å². The third kappa shape index (κ3) is 4.09. The summed E-state index contributed by atoms with van der Waals surface area (Å²) >= 11 is 6.17. The van der Waals surface area contributed by atoms with E-state index >= 15 is 0 Å². The number of halogens is 1. The fourth-order valence-electron chi connectivity index (χ4n) is 1.97. The Kier molecular flexibility index (Phi) is 4.84. The van der Waals surface area contributed by atoms with E-state index in [1.807, 2.05) is 41.4 Å². The van der Waals surface area contributed by atoms with Gasteiger partial charge in [-0.15, -0.1) is 0 Å². The van der Waals surface area contributed by atoms with Gasteiger partial charge in [0.15, 0.2) is 0 Å². The standard InChI is InChI=1S/C16H21ClN2O/c1-16(2,3)15(10-19-9-8-18-12-19)20-11-13-6-4-5-7-14(13)17/h4-9,12,15H,10-11H2,1-3H3. The van der Waals surface area contributed by atoms with Crippen LogP contribution in [0.5, 0.6) is 0 Å². The van der Waals surface area contributed by atoms with Crippen molar-refractivity contribution in [2.75, 3.05) is 0 Å². The van der Waals surface area contributed by atoms with Crippen molar-refractivity contribution in [3.63, 3.8) is 0 Å². The molecule has 0 N–H and O–H groups in total. The molecule has 0 fully saturated rings. The van der Waals surface area contributed by atoms with Crippen LogP contribution in [0.25, 0.3) is 0 Å². The highest BCUT2D eigenvalue weighted by Gasteiger charge is 2.26. The minimum absolute atomic E-state index is 0.0471. The number of hydrogen-bond donors (Lipinski definition) is 0. The summed E-state index contributed by atoms with van der Waals surface area (Å²) in [6, 6.07) is 7.80. The lowest BCUT2D eigenvalue weighted by atomic mass is 9.89. The van der Waals surface area contributed by atoms with Crippen LogP contribution in [-0.2, 0) is 17.9 Å². The first-order valence-corrected chi connectivity index (χ1v) is 7.15. The molecule has 0 amide bonds. The largest absolute Gasteiger partial charge is 0.371 e. The van der Waals surface area contributed by atoms with Crippen LogP contribution in [-0.4, -0.2) is 15.7 Å². The van der Waals surface area contributed by atoms with Gasteiger partial charge in [-0.2, -0.15) is 0 Å². The molecule has 1 aromatic carbocycles. The van der Waals surface area contributed by atoms with Gasteiger partial charge in [0.1, 0.15) is 0 Å². The third-order valence-corrected chi connectivity index (χ3v) is 3.67. The van der Waals surface area contributed by atoms with Crippen LogP contribution < -0.4 is 0 Å². The van der Waals surface area contributed by atoms with Crippen LogP contribution in [0.15, 0.2) is 43.0 Å². The Morgan fingerprint density at radius 3 is 2.65 bits per heavy atom. The zero-order valence-corrected chi connectivity index (χ0v) is 13.0. The van der Waals surface area contributed by atoms with E-state index in [0.717, 1.165) is 17.1 Å². The number of benzene rings is 1. The molecule has 0 bridgehead atoms. The molecule has 0 aliphatic carbocycles. The molecule has 20 heavy (non-hydrogen) atoms. The van der Waals surface area contributed by atoms with Gasteiger partial charge in [-0.3, -0.25) is 0 Å². The molecule has 2 aromatic rings. The molecular weight excluding hydrogens is 272 g/mol. The topological polar surface area (TPSA) is 27.1 Å². The molecule has 1 aromatic heterocycles. The van der Waals surface area contributed by atoms with Gasteiger partial charge >= 0.3 is 0 Å². The molecule has 2 rings (SSSR count). The van der Waals surface area contributed by atoms with E-state index in [-0.39, 0.29) is 11.5 Å². The summed E-state index contributed by atoms with van der Waals surface area (Å²) in [6.45, 7) is 7.86. The second-order valence-corrected chi connectivity index (χ2v) is 6.42. The highest BCUT2D eigenvalue weighted by Crippen LogP contribution is 2.26. The van der Waals surface area contributed by atoms with Gasteiger partial charge in [-0.25, -0.2) is 4.98 Å². The summed E-state index contributed by atoms with van der Waals surface area (Å²) < 4.78 is 8.16. The lowest BCUT2D eigenvalue weighted by Gasteiger charge is -2.31. The molecule has 3 nitrogen and oxygen atoms in total. The maximum atomic E-state index is 6.17. The molecule has 0 radical (unpaired) electrons. The van der Waals surface area contributed by atoms with Gasteiger partial charge in [-0.1, -0.05) is 50.6 Å². The number of aromatic nitrogens is 2. The predicted octanol–water partition coefficient (Wildman–Crippen LogP) is 4.17.